The van der Waals surface area contributed by atoms with Crippen LogP contribution in [0.3, 0.4) is 0 Å². The lowest BCUT2D eigenvalue weighted by atomic mass is 10.1. The van der Waals surface area contributed by atoms with Gasteiger partial charge in [-0.25, -0.2) is 0 Å². The Balaban J connectivity index is 0.000000861. The fourth-order valence-electron chi connectivity index (χ4n) is 2.05. The molecule has 2 aromatic carbocycles. The molecule has 1 heteroatoms. The zero-order chi connectivity index (χ0) is 14.4. The molecule has 102 valence electrons. The quantitative estimate of drug-likeness (QED) is 0.636. The molecular weight excluding hydrogens is 248 g/mol. The minimum atomic E-state index is 1.31. The first-order valence-corrected chi connectivity index (χ1v) is 7.70. The summed E-state index contributed by atoms with van der Waals surface area (Å²) in [7, 11) is 0. The van der Waals surface area contributed by atoms with Crippen LogP contribution in [0.2, 0.25) is 0 Å². The number of hydrogen-bond donors (Lipinski definition) is 0. The average Bonchev–Trinajstić information content (AvgIpc) is 2.38. The van der Waals surface area contributed by atoms with E-state index >= 15 is 0 Å². The molecule has 0 saturated carbocycles. The van der Waals surface area contributed by atoms with Crippen molar-refractivity contribution in [1.29, 1.82) is 0 Å². The van der Waals surface area contributed by atoms with Crippen molar-refractivity contribution in [3.8, 4) is 0 Å². The molecule has 2 aromatic rings. The summed E-state index contributed by atoms with van der Waals surface area (Å²) in [6, 6.07) is 13.2. The van der Waals surface area contributed by atoms with Gasteiger partial charge in [0.05, 0.1) is 0 Å². The lowest BCUT2D eigenvalue weighted by Crippen LogP contribution is -1.87. The molecule has 0 aromatic heterocycles. The second-order valence-electron chi connectivity index (χ2n) is 4.64. The second kappa shape index (κ2) is 7.40. The van der Waals surface area contributed by atoms with Crippen molar-refractivity contribution in [2.45, 2.75) is 51.3 Å². The Morgan fingerprint density at radius 1 is 0.684 bits per heavy atom. The van der Waals surface area contributed by atoms with Crippen LogP contribution in [-0.4, -0.2) is 0 Å². The molecule has 2 rings (SSSR count). The Kier molecular flexibility index (Phi) is 6.17. The fourth-order valence-corrected chi connectivity index (χ4v) is 3.00. The first kappa shape index (κ1) is 15.8. The highest BCUT2D eigenvalue weighted by molar-refractivity contribution is 7.99. The summed E-state index contributed by atoms with van der Waals surface area (Å²) in [6.45, 7) is 12.7. The van der Waals surface area contributed by atoms with Crippen LogP contribution >= 0.6 is 11.8 Å². The van der Waals surface area contributed by atoms with Gasteiger partial charge >= 0.3 is 0 Å². The van der Waals surface area contributed by atoms with Gasteiger partial charge in [0.1, 0.15) is 0 Å². The number of rotatable bonds is 2. The van der Waals surface area contributed by atoms with Crippen LogP contribution in [0.5, 0.6) is 0 Å². The Labute approximate surface area is 122 Å². The smallest absolute Gasteiger partial charge is 0.0181 e. The molecule has 0 aliphatic heterocycles. The van der Waals surface area contributed by atoms with Gasteiger partial charge in [0.2, 0.25) is 0 Å². The standard InChI is InChI=1S/C16H18S.C2H6/c1-11-5-7-15(8-6-11)17-16-13(3)9-12(2)10-14(16)4;1-2/h5-10H,1-4H3;1-2H3. The summed E-state index contributed by atoms with van der Waals surface area (Å²) in [5.74, 6) is 0. The van der Waals surface area contributed by atoms with Crippen molar-refractivity contribution in [3.63, 3.8) is 0 Å². The van der Waals surface area contributed by atoms with Crippen LogP contribution in [0, 0.1) is 27.7 Å². The minimum absolute atomic E-state index is 1.31. The second-order valence-corrected chi connectivity index (χ2v) is 5.73. The maximum absolute atomic E-state index is 2.25. The van der Waals surface area contributed by atoms with Crippen molar-refractivity contribution >= 4 is 11.8 Å². The molecule has 0 amide bonds. The van der Waals surface area contributed by atoms with Crippen molar-refractivity contribution < 1.29 is 0 Å². The number of aryl methyl sites for hydroxylation is 4. The molecule has 0 nitrogen and oxygen atoms in total. The van der Waals surface area contributed by atoms with Crippen molar-refractivity contribution in [1.82, 2.24) is 0 Å². The van der Waals surface area contributed by atoms with Gasteiger partial charge in [-0.3, -0.25) is 0 Å². The van der Waals surface area contributed by atoms with Gasteiger partial charge < -0.3 is 0 Å². The maximum Gasteiger partial charge on any atom is 0.0181 e. The van der Waals surface area contributed by atoms with E-state index in [1.165, 1.54) is 32.0 Å². The van der Waals surface area contributed by atoms with Gasteiger partial charge in [-0.1, -0.05) is 61.0 Å². The fraction of sp³-hybridized carbons (Fsp3) is 0.333. The Hall–Kier alpha value is -1.21. The molecule has 0 heterocycles. The van der Waals surface area contributed by atoms with Crippen molar-refractivity contribution in [3.05, 3.63) is 58.7 Å². The van der Waals surface area contributed by atoms with Crippen LogP contribution in [0.1, 0.15) is 36.1 Å². The Morgan fingerprint density at radius 2 is 1.16 bits per heavy atom. The van der Waals surface area contributed by atoms with Crippen LogP contribution in [-0.2, 0) is 0 Å². The topological polar surface area (TPSA) is 0 Å². The minimum Gasteiger partial charge on any atom is -0.0895 e. The third kappa shape index (κ3) is 4.43. The van der Waals surface area contributed by atoms with Crippen molar-refractivity contribution in [2.75, 3.05) is 0 Å². The summed E-state index contributed by atoms with van der Waals surface area (Å²) in [5.41, 5.74) is 5.39. The van der Waals surface area contributed by atoms with E-state index in [-0.39, 0.29) is 0 Å². The summed E-state index contributed by atoms with van der Waals surface area (Å²) < 4.78 is 0. The van der Waals surface area contributed by atoms with E-state index in [0.717, 1.165) is 0 Å². The van der Waals surface area contributed by atoms with E-state index in [4.69, 9.17) is 0 Å². The van der Waals surface area contributed by atoms with Gasteiger partial charge in [0.15, 0.2) is 0 Å². The molecule has 0 saturated heterocycles. The molecule has 0 bridgehead atoms. The zero-order valence-corrected chi connectivity index (χ0v) is 13.7. The van der Waals surface area contributed by atoms with E-state index in [2.05, 4.69) is 64.1 Å². The number of hydrogen-bond acceptors (Lipinski definition) is 1. The van der Waals surface area contributed by atoms with Gasteiger partial charge in [-0.05, 0) is 51.0 Å². The van der Waals surface area contributed by atoms with Gasteiger partial charge in [0, 0.05) is 9.79 Å². The van der Waals surface area contributed by atoms with E-state index in [1.807, 2.05) is 25.6 Å². The summed E-state index contributed by atoms with van der Waals surface area (Å²) in [6.07, 6.45) is 0. The third-order valence-corrected chi connectivity index (χ3v) is 4.20. The molecule has 0 spiro atoms. The predicted octanol–water partition coefficient (Wildman–Crippen LogP) is 6.10. The van der Waals surface area contributed by atoms with Gasteiger partial charge in [0.25, 0.3) is 0 Å². The van der Waals surface area contributed by atoms with E-state index in [1.54, 1.807) is 0 Å². The lowest BCUT2D eigenvalue weighted by Gasteiger charge is -2.10. The highest BCUT2D eigenvalue weighted by Gasteiger charge is 2.05. The normalized spacial score (nSPS) is 9.79. The van der Waals surface area contributed by atoms with Crippen LogP contribution in [0.25, 0.3) is 0 Å². The highest BCUT2D eigenvalue weighted by Crippen LogP contribution is 2.33. The SMILES string of the molecule is CC.Cc1ccc(Sc2c(C)cc(C)cc2C)cc1. The van der Waals surface area contributed by atoms with Gasteiger partial charge in [-0.2, -0.15) is 0 Å². The molecule has 0 radical (unpaired) electrons. The molecule has 19 heavy (non-hydrogen) atoms. The Bertz CT molecular complexity index is 501. The number of benzene rings is 2. The molecular formula is C18H24S. The highest BCUT2D eigenvalue weighted by atomic mass is 32.2. The molecule has 0 fully saturated rings. The van der Waals surface area contributed by atoms with Gasteiger partial charge in [-0.15, -0.1) is 0 Å². The molecule has 0 aliphatic rings. The predicted molar refractivity (Wildman–Crippen MR) is 87.3 cm³/mol. The lowest BCUT2D eigenvalue weighted by molar-refractivity contribution is 1.18. The van der Waals surface area contributed by atoms with E-state index < -0.39 is 0 Å². The van der Waals surface area contributed by atoms with E-state index in [9.17, 15) is 0 Å². The summed E-state index contributed by atoms with van der Waals surface area (Å²) in [4.78, 5) is 2.70. The van der Waals surface area contributed by atoms with Crippen LogP contribution in [0.4, 0.5) is 0 Å². The van der Waals surface area contributed by atoms with Crippen molar-refractivity contribution in [2.24, 2.45) is 0 Å². The van der Waals surface area contributed by atoms with Crippen LogP contribution in [0.15, 0.2) is 46.2 Å². The zero-order valence-electron chi connectivity index (χ0n) is 12.9. The molecule has 0 N–H and O–H groups in total. The summed E-state index contributed by atoms with van der Waals surface area (Å²) in [5, 5.41) is 0. The third-order valence-electron chi connectivity index (χ3n) is 2.85. The average molecular weight is 272 g/mol. The first-order valence-electron chi connectivity index (χ1n) is 6.88. The first-order chi connectivity index (χ1) is 9.06. The molecule has 0 atom stereocenters. The van der Waals surface area contributed by atoms with E-state index in [0.29, 0.717) is 0 Å². The monoisotopic (exact) mass is 272 g/mol. The Morgan fingerprint density at radius 3 is 1.63 bits per heavy atom. The molecule has 0 unspecified atom stereocenters. The maximum atomic E-state index is 2.25. The summed E-state index contributed by atoms with van der Waals surface area (Å²) >= 11 is 1.86. The molecule has 0 aliphatic carbocycles. The largest absolute Gasteiger partial charge is 0.0895 e. The van der Waals surface area contributed by atoms with Crippen LogP contribution < -0.4 is 0 Å².